The third-order valence-electron chi connectivity index (χ3n) is 4.89. The molecule has 0 saturated carbocycles. The Bertz CT molecular complexity index is 1690. The van der Waals surface area contributed by atoms with Crippen LogP contribution < -0.4 is 15.1 Å². The summed E-state index contributed by atoms with van der Waals surface area (Å²) in [6.07, 6.45) is 1.65. The summed E-state index contributed by atoms with van der Waals surface area (Å²) in [5, 5.41) is 23.4. The van der Waals surface area contributed by atoms with Crippen LogP contribution in [-0.4, -0.2) is 37.8 Å². The van der Waals surface area contributed by atoms with Crippen molar-refractivity contribution < 1.29 is 26.5 Å². The summed E-state index contributed by atoms with van der Waals surface area (Å²) in [5.74, 6) is -1.31. The molecule has 14 heteroatoms. The van der Waals surface area contributed by atoms with E-state index in [1.807, 2.05) is 24.5 Å². The maximum atomic E-state index is 11.7. The zero-order valence-corrected chi connectivity index (χ0v) is 18.0. The molecule has 0 radical (unpaired) electrons. The average Bonchev–Trinajstić information content (AvgIpc) is 3.41. The van der Waals surface area contributed by atoms with Crippen molar-refractivity contribution in [2.75, 3.05) is 0 Å². The zero-order valence-electron chi connectivity index (χ0n) is 17.2. The maximum absolute atomic E-state index is 11.7. The maximum Gasteiger partial charge on any atom is 0.519 e. The molecule has 3 aromatic heterocycles. The number of phenols is 1. The number of imidazole rings is 1. The van der Waals surface area contributed by atoms with Crippen molar-refractivity contribution in [2.45, 2.75) is 19.9 Å². The second kappa shape index (κ2) is 7.18. The predicted molar refractivity (Wildman–Crippen MR) is 114 cm³/mol. The van der Waals surface area contributed by atoms with Gasteiger partial charge in [0.05, 0.1) is 23.1 Å². The minimum absolute atomic E-state index is 0.0195. The van der Waals surface area contributed by atoms with E-state index in [2.05, 4.69) is 15.2 Å². The van der Waals surface area contributed by atoms with Gasteiger partial charge >= 0.3 is 22.1 Å². The lowest BCUT2D eigenvalue weighted by Gasteiger charge is -2.12. The second-order valence-corrected chi connectivity index (χ2v) is 8.53. The second-order valence-electron chi connectivity index (χ2n) is 7.38. The molecule has 5 rings (SSSR count). The molecule has 2 aromatic carbocycles. The van der Waals surface area contributed by atoms with Gasteiger partial charge in [-0.3, -0.25) is 0 Å². The number of phenolic OH excluding ortho intramolecular Hbond substituents is 1. The molecular formula is C19H16N6O7S. The van der Waals surface area contributed by atoms with E-state index in [0.29, 0.717) is 11.2 Å². The summed E-state index contributed by atoms with van der Waals surface area (Å²) in [5.41, 5.74) is 1.72. The number of aromatic nitrogens is 5. The highest BCUT2D eigenvalue weighted by Gasteiger charge is 2.25. The highest BCUT2D eigenvalue weighted by molar-refractivity contribution is 7.84. The Morgan fingerprint density at radius 3 is 2.58 bits per heavy atom. The molecule has 13 nitrogen and oxygen atoms in total. The van der Waals surface area contributed by atoms with Gasteiger partial charge in [0.1, 0.15) is 11.3 Å². The molecule has 5 aromatic rings. The number of aromatic hydroxyl groups is 1. The lowest BCUT2D eigenvalue weighted by Crippen LogP contribution is -2.21. The molecule has 33 heavy (non-hydrogen) atoms. The van der Waals surface area contributed by atoms with Crippen LogP contribution in [0.2, 0.25) is 0 Å². The van der Waals surface area contributed by atoms with E-state index >= 15 is 0 Å². The predicted octanol–water partition coefficient (Wildman–Crippen LogP) is 1.85. The van der Waals surface area contributed by atoms with Crippen molar-refractivity contribution >= 4 is 32.5 Å². The molecule has 0 amide bonds. The van der Waals surface area contributed by atoms with Gasteiger partial charge in [0.15, 0.2) is 17.0 Å². The van der Waals surface area contributed by atoms with Crippen LogP contribution >= 0.6 is 0 Å². The van der Waals surface area contributed by atoms with Gasteiger partial charge in [0, 0.05) is 12.1 Å². The summed E-state index contributed by atoms with van der Waals surface area (Å²) >= 11 is 0. The lowest BCUT2D eigenvalue weighted by molar-refractivity contribution is 0.409. The Labute approximate surface area is 184 Å². The number of hydrogen-bond acceptors (Lipinski definition) is 10. The van der Waals surface area contributed by atoms with Crippen LogP contribution in [0, 0.1) is 0 Å². The van der Waals surface area contributed by atoms with Crippen LogP contribution in [0.1, 0.15) is 19.9 Å². The van der Waals surface area contributed by atoms with Gasteiger partial charge < -0.3 is 22.7 Å². The van der Waals surface area contributed by atoms with E-state index in [0.717, 1.165) is 5.52 Å². The number of nitrogens with two attached hydrogens (primary N) is 1. The minimum atomic E-state index is -4.47. The minimum Gasteiger partial charge on any atom is -0.507 e. The molecule has 3 N–H and O–H groups in total. The molecule has 0 unspecified atom stereocenters. The number of benzene rings is 2. The fraction of sp³-hybridized carbons (Fsp3) is 0.158. The Kier molecular flexibility index (Phi) is 4.51. The van der Waals surface area contributed by atoms with Crippen molar-refractivity contribution in [1.82, 2.24) is 24.3 Å². The SMILES string of the molecule is CC(C)n1cnc2c(-n3c(OS(N)(=O)=O)nnc3-c3cc4oc(=O)oc4cc3O)cccc21. The first-order valence-corrected chi connectivity index (χ1v) is 11.0. The number of rotatable bonds is 5. The van der Waals surface area contributed by atoms with E-state index in [9.17, 15) is 18.3 Å². The molecule has 0 bridgehead atoms. The summed E-state index contributed by atoms with van der Waals surface area (Å²) in [4.78, 5) is 15.9. The molecular weight excluding hydrogens is 456 g/mol. The number of para-hydroxylation sites is 1. The first-order chi connectivity index (χ1) is 15.6. The quantitative estimate of drug-likeness (QED) is 0.383. The number of nitrogens with zero attached hydrogens (tertiary/aromatic N) is 5. The molecule has 170 valence electrons. The van der Waals surface area contributed by atoms with Crippen molar-refractivity contribution in [2.24, 2.45) is 5.14 Å². The zero-order chi connectivity index (χ0) is 23.5. The van der Waals surface area contributed by atoms with E-state index < -0.39 is 22.1 Å². The van der Waals surface area contributed by atoms with E-state index in [1.165, 1.54) is 16.7 Å². The van der Waals surface area contributed by atoms with Crippen LogP contribution in [0.5, 0.6) is 11.8 Å². The molecule has 0 fully saturated rings. The summed E-state index contributed by atoms with van der Waals surface area (Å²) in [7, 11) is -4.47. The number of fused-ring (bicyclic) bond motifs is 2. The molecule has 0 aliphatic rings. The molecule has 0 saturated heterocycles. The third-order valence-corrected chi connectivity index (χ3v) is 5.28. The Balaban J connectivity index is 1.82. The first kappa shape index (κ1) is 20.7. The van der Waals surface area contributed by atoms with Gasteiger partial charge in [-0.1, -0.05) is 11.2 Å². The van der Waals surface area contributed by atoms with Crippen molar-refractivity contribution in [3.8, 4) is 28.8 Å². The molecule has 0 aliphatic carbocycles. The van der Waals surface area contributed by atoms with Gasteiger partial charge in [-0.2, -0.15) is 13.6 Å². The van der Waals surface area contributed by atoms with Crippen LogP contribution in [0.25, 0.3) is 39.3 Å². The van der Waals surface area contributed by atoms with Gasteiger partial charge in [0.25, 0.3) is 0 Å². The average molecular weight is 472 g/mol. The molecule has 0 atom stereocenters. The summed E-state index contributed by atoms with van der Waals surface area (Å²) < 4.78 is 41.2. The van der Waals surface area contributed by atoms with Crippen LogP contribution in [0.3, 0.4) is 0 Å². The van der Waals surface area contributed by atoms with Crippen LogP contribution in [0.4, 0.5) is 0 Å². The highest BCUT2D eigenvalue weighted by atomic mass is 32.2. The van der Waals surface area contributed by atoms with Crippen molar-refractivity contribution in [1.29, 1.82) is 0 Å². The van der Waals surface area contributed by atoms with Gasteiger partial charge in [-0.25, -0.2) is 14.3 Å². The number of hydrogen-bond donors (Lipinski definition) is 2. The molecule has 0 aliphatic heterocycles. The smallest absolute Gasteiger partial charge is 0.507 e. The van der Waals surface area contributed by atoms with Gasteiger partial charge in [-0.05, 0) is 32.0 Å². The Morgan fingerprint density at radius 2 is 1.88 bits per heavy atom. The third kappa shape index (κ3) is 3.50. The van der Waals surface area contributed by atoms with Crippen molar-refractivity contribution in [3.05, 3.63) is 47.3 Å². The first-order valence-electron chi connectivity index (χ1n) is 9.53. The fourth-order valence-electron chi connectivity index (χ4n) is 3.54. The Morgan fingerprint density at radius 1 is 1.15 bits per heavy atom. The van der Waals surface area contributed by atoms with Crippen LogP contribution in [0.15, 0.2) is 50.3 Å². The van der Waals surface area contributed by atoms with Crippen LogP contribution in [-0.2, 0) is 10.3 Å². The van der Waals surface area contributed by atoms with Crippen molar-refractivity contribution in [3.63, 3.8) is 0 Å². The lowest BCUT2D eigenvalue weighted by atomic mass is 10.1. The van der Waals surface area contributed by atoms with E-state index in [-0.39, 0.29) is 34.3 Å². The Hall–Kier alpha value is -4.17. The monoisotopic (exact) mass is 472 g/mol. The van der Waals surface area contributed by atoms with Gasteiger partial charge in [-0.15, -0.1) is 5.10 Å². The van der Waals surface area contributed by atoms with Gasteiger partial charge in [0.2, 0.25) is 0 Å². The topological polar surface area (TPSA) is 181 Å². The fourth-order valence-corrected chi connectivity index (χ4v) is 3.86. The summed E-state index contributed by atoms with van der Waals surface area (Å²) in [6.45, 7) is 3.97. The van der Waals surface area contributed by atoms with E-state index in [4.69, 9.17) is 18.2 Å². The largest absolute Gasteiger partial charge is 0.519 e. The molecule has 3 heterocycles. The van der Waals surface area contributed by atoms with E-state index in [1.54, 1.807) is 18.5 Å². The highest BCUT2D eigenvalue weighted by Crippen LogP contribution is 2.37. The summed E-state index contributed by atoms with van der Waals surface area (Å²) in [6, 6.07) is 7.33. The standard InChI is InChI=1S/C19H16N6O7S/c1-9(2)24-8-21-16-11(24)4-3-5-12(16)25-17(22-23-18(25)32-33(20,28)29)10-6-14-15(7-13(10)26)31-19(27)30-14/h3-9,26H,1-2H3,(H2,20,28,29). The normalized spacial score (nSPS) is 12.2. The molecule has 0 spiro atoms.